The Labute approximate surface area is 159 Å². The fraction of sp³-hybridized carbons (Fsp3) is 0.235. The zero-order valence-corrected chi connectivity index (χ0v) is 15.2. The van der Waals surface area contributed by atoms with Crippen LogP contribution in [0.5, 0.6) is 0 Å². The van der Waals surface area contributed by atoms with Crippen molar-refractivity contribution in [1.29, 1.82) is 0 Å². The molecule has 1 unspecified atom stereocenters. The molecular weight excluding hydrogens is 379 g/mol. The third-order valence-corrected chi connectivity index (χ3v) is 3.76. The molecule has 2 rings (SSSR count). The zero-order chi connectivity index (χ0) is 20.0. The predicted octanol–water partition coefficient (Wildman–Crippen LogP) is 1.49. The Morgan fingerprint density at radius 2 is 1.85 bits per heavy atom. The maximum atomic E-state index is 13.1. The van der Waals surface area contributed by atoms with E-state index in [9.17, 15) is 18.8 Å². The summed E-state index contributed by atoms with van der Waals surface area (Å²) in [6.45, 7) is 1.54. The monoisotopic (exact) mass is 394 g/mol. The number of nitrogens with zero attached hydrogens (tertiary/aromatic N) is 2. The molecule has 0 fully saturated rings. The number of ether oxygens (including phenoxy) is 1. The van der Waals surface area contributed by atoms with E-state index >= 15 is 0 Å². The molecule has 0 spiro atoms. The first-order valence-corrected chi connectivity index (χ1v) is 8.12. The first-order chi connectivity index (χ1) is 12.8. The van der Waals surface area contributed by atoms with E-state index in [0.717, 1.165) is 6.33 Å². The van der Waals surface area contributed by atoms with Crippen LogP contribution in [0.25, 0.3) is 0 Å². The molecule has 1 aromatic carbocycles. The van der Waals surface area contributed by atoms with Gasteiger partial charge < -0.3 is 15.4 Å². The van der Waals surface area contributed by atoms with Gasteiger partial charge in [-0.15, -0.1) is 0 Å². The van der Waals surface area contributed by atoms with E-state index in [-0.39, 0.29) is 23.0 Å². The summed E-state index contributed by atoms with van der Waals surface area (Å²) in [4.78, 5) is 43.3. The average Bonchev–Trinajstić information content (AvgIpc) is 2.67. The van der Waals surface area contributed by atoms with E-state index < -0.39 is 29.6 Å². The molecule has 2 N–H and O–H groups in total. The van der Waals surface area contributed by atoms with Gasteiger partial charge in [0.25, 0.3) is 11.8 Å². The number of halogens is 2. The molecule has 27 heavy (non-hydrogen) atoms. The largest absolute Gasteiger partial charge is 0.467 e. The molecule has 142 valence electrons. The second-order valence-electron chi connectivity index (χ2n) is 5.44. The fourth-order valence-corrected chi connectivity index (χ4v) is 2.24. The van der Waals surface area contributed by atoms with E-state index in [1.54, 1.807) is 0 Å². The van der Waals surface area contributed by atoms with Crippen molar-refractivity contribution in [2.45, 2.75) is 19.5 Å². The summed E-state index contributed by atoms with van der Waals surface area (Å²) >= 11 is 5.69. The van der Waals surface area contributed by atoms with Crippen LogP contribution in [0.2, 0.25) is 5.02 Å². The van der Waals surface area contributed by atoms with Crippen molar-refractivity contribution in [1.82, 2.24) is 20.6 Å². The maximum absolute atomic E-state index is 13.1. The molecule has 0 radical (unpaired) electrons. The van der Waals surface area contributed by atoms with Gasteiger partial charge in [-0.25, -0.2) is 19.2 Å². The van der Waals surface area contributed by atoms with Crippen LogP contribution in [0, 0.1) is 5.82 Å². The first-order valence-electron chi connectivity index (χ1n) is 7.74. The Morgan fingerprint density at radius 1 is 1.19 bits per heavy atom. The summed E-state index contributed by atoms with van der Waals surface area (Å²) < 4.78 is 17.7. The second kappa shape index (κ2) is 9.04. The highest BCUT2D eigenvalue weighted by atomic mass is 35.5. The molecule has 2 amide bonds. The standard InChI is InChI=1S/C17H16ClFN4O4/c1-9(17(26)27-2)23-16(25)14-6-13(21-8-22-14)15(24)20-7-10-3-4-12(19)11(18)5-10/h3-6,8-9H,7H2,1-2H3,(H,20,24)(H,23,25). The van der Waals surface area contributed by atoms with Gasteiger partial charge in [0.1, 0.15) is 29.6 Å². The summed E-state index contributed by atoms with van der Waals surface area (Å²) in [7, 11) is 1.20. The second-order valence-corrected chi connectivity index (χ2v) is 5.85. The smallest absolute Gasteiger partial charge is 0.328 e. The van der Waals surface area contributed by atoms with E-state index in [1.807, 2.05) is 0 Å². The van der Waals surface area contributed by atoms with Gasteiger partial charge in [-0.2, -0.15) is 0 Å². The van der Waals surface area contributed by atoms with Crippen LogP contribution in [0.1, 0.15) is 33.5 Å². The minimum Gasteiger partial charge on any atom is -0.467 e. The van der Waals surface area contributed by atoms with Crippen LogP contribution >= 0.6 is 11.6 Å². The van der Waals surface area contributed by atoms with E-state index in [4.69, 9.17) is 11.6 Å². The third-order valence-electron chi connectivity index (χ3n) is 3.47. The number of esters is 1. The summed E-state index contributed by atoms with van der Waals surface area (Å²) in [6, 6.07) is 4.38. The molecule has 0 aliphatic carbocycles. The molecule has 0 aliphatic heterocycles. The van der Waals surface area contributed by atoms with Crippen LogP contribution in [0.15, 0.2) is 30.6 Å². The van der Waals surface area contributed by atoms with Crippen molar-refractivity contribution < 1.29 is 23.5 Å². The number of benzene rings is 1. The highest BCUT2D eigenvalue weighted by molar-refractivity contribution is 6.30. The molecule has 2 aromatic rings. The van der Waals surface area contributed by atoms with Gasteiger partial charge in [-0.1, -0.05) is 17.7 Å². The number of rotatable bonds is 6. The summed E-state index contributed by atoms with van der Waals surface area (Å²) in [5, 5.41) is 4.92. The van der Waals surface area contributed by atoms with Crippen LogP contribution in [0.4, 0.5) is 4.39 Å². The lowest BCUT2D eigenvalue weighted by Gasteiger charge is -2.11. The minimum atomic E-state index is -0.877. The maximum Gasteiger partial charge on any atom is 0.328 e. The average molecular weight is 395 g/mol. The summed E-state index contributed by atoms with van der Waals surface area (Å²) in [5.74, 6) is -2.39. The normalized spacial score (nSPS) is 11.4. The van der Waals surface area contributed by atoms with Crippen LogP contribution in [-0.2, 0) is 16.1 Å². The topological polar surface area (TPSA) is 110 Å². The van der Waals surface area contributed by atoms with Crippen molar-refractivity contribution in [2.24, 2.45) is 0 Å². The van der Waals surface area contributed by atoms with Crippen molar-refractivity contribution in [3.8, 4) is 0 Å². The van der Waals surface area contributed by atoms with Gasteiger partial charge in [0, 0.05) is 12.6 Å². The Kier molecular flexibility index (Phi) is 6.78. The van der Waals surface area contributed by atoms with Crippen molar-refractivity contribution in [3.63, 3.8) is 0 Å². The molecule has 1 heterocycles. The fourth-order valence-electron chi connectivity index (χ4n) is 2.03. The van der Waals surface area contributed by atoms with Crippen molar-refractivity contribution in [3.05, 3.63) is 58.4 Å². The molecular formula is C17H16ClFN4O4. The Hall–Kier alpha value is -3.07. The molecule has 0 saturated heterocycles. The number of methoxy groups -OCH3 is 1. The molecule has 8 nitrogen and oxygen atoms in total. The predicted molar refractivity (Wildman–Crippen MR) is 93.6 cm³/mol. The van der Waals surface area contributed by atoms with Crippen LogP contribution in [0.3, 0.4) is 0 Å². The quantitative estimate of drug-likeness (QED) is 0.718. The minimum absolute atomic E-state index is 0.0471. The van der Waals surface area contributed by atoms with Gasteiger partial charge in [0.15, 0.2) is 0 Å². The lowest BCUT2D eigenvalue weighted by Crippen LogP contribution is -2.39. The Morgan fingerprint density at radius 3 is 2.48 bits per heavy atom. The summed E-state index contributed by atoms with van der Waals surface area (Å²) in [5.41, 5.74) is 0.457. The number of nitrogens with one attached hydrogen (secondary N) is 2. The van der Waals surface area contributed by atoms with E-state index in [1.165, 1.54) is 38.3 Å². The first kappa shape index (κ1) is 20.2. The number of carbonyl (C=O) groups excluding carboxylic acids is 3. The highest BCUT2D eigenvalue weighted by Crippen LogP contribution is 2.15. The summed E-state index contributed by atoms with van der Waals surface area (Å²) in [6.07, 6.45) is 1.06. The molecule has 0 aliphatic rings. The van der Waals surface area contributed by atoms with Crippen LogP contribution < -0.4 is 10.6 Å². The molecule has 0 saturated carbocycles. The Bertz CT molecular complexity index is 878. The lowest BCUT2D eigenvalue weighted by molar-refractivity contribution is -0.142. The highest BCUT2D eigenvalue weighted by Gasteiger charge is 2.19. The van der Waals surface area contributed by atoms with Crippen LogP contribution in [-0.4, -0.2) is 40.9 Å². The number of aromatic nitrogens is 2. The van der Waals surface area contributed by atoms with Gasteiger partial charge in [0.2, 0.25) is 0 Å². The van der Waals surface area contributed by atoms with Crippen molar-refractivity contribution in [2.75, 3.05) is 7.11 Å². The van der Waals surface area contributed by atoms with E-state index in [0.29, 0.717) is 5.56 Å². The van der Waals surface area contributed by atoms with Gasteiger partial charge >= 0.3 is 5.97 Å². The van der Waals surface area contributed by atoms with E-state index in [2.05, 4.69) is 25.3 Å². The Balaban J connectivity index is 2.03. The lowest BCUT2D eigenvalue weighted by atomic mass is 10.2. The number of amides is 2. The number of hydrogen-bond acceptors (Lipinski definition) is 6. The number of carbonyl (C=O) groups is 3. The molecule has 0 bridgehead atoms. The SMILES string of the molecule is COC(=O)C(C)NC(=O)c1cc(C(=O)NCc2ccc(F)c(Cl)c2)ncn1. The molecule has 1 aromatic heterocycles. The number of hydrogen-bond donors (Lipinski definition) is 2. The van der Waals surface area contributed by atoms with Gasteiger partial charge in [-0.3, -0.25) is 9.59 Å². The van der Waals surface area contributed by atoms with Crippen molar-refractivity contribution >= 4 is 29.4 Å². The molecule has 1 atom stereocenters. The zero-order valence-electron chi connectivity index (χ0n) is 14.5. The third kappa shape index (κ3) is 5.45. The molecule has 10 heteroatoms. The van der Waals surface area contributed by atoms with Gasteiger partial charge in [-0.05, 0) is 24.6 Å². The van der Waals surface area contributed by atoms with Gasteiger partial charge in [0.05, 0.1) is 12.1 Å².